The van der Waals surface area contributed by atoms with Crippen LogP contribution in [0.5, 0.6) is 0 Å². The predicted octanol–water partition coefficient (Wildman–Crippen LogP) is 3.16. The second-order valence-electron chi connectivity index (χ2n) is 6.00. The first-order valence-corrected chi connectivity index (χ1v) is 9.56. The van der Waals surface area contributed by atoms with Crippen molar-refractivity contribution in [3.8, 4) is 0 Å². The highest BCUT2D eigenvalue weighted by molar-refractivity contribution is 7.73. The van der Waals surface area contributed by atoms with Crippen LogP contribution in [0.2, 0.25) is 0 Å². The van der Waals surface area contributed by atoms with E-state index in [9.17, 15) is 14.4 Å². The molecule has 0 spiro atoms. The average Bonchev–Trinajstić information content (AvgIpc) is 2.94. The van der Waals surface area contributed by atoms with Gasteiger partial charge in [0.25, 0.3) is 5.56 Å². The molecule has 7 nitrogen and oxygen atoms in total. The number of carbonyl (C=O) groups excluding carboxylic acids is 2. The minimum atomic E-state index is -0.374. The van der Waals surface area contributed by atoms with Gasteiger partial charge in [-0.25, -0.2) is 4.98 Å². The Labute approximate surface area is 164 Å². The summed E-state index contributed by atoms with van der Waals surface area (Å²) in [4.78, 5) is 41.2. The number of rotatable bonds is 5. The van der Waals surface area contributed by atoms with E-state index >= 15 is 0 Å². The molecule has 3 aromatic rings. The predicted molar refractivity (Wildman–Crippen MR) is 108 cm³/mol. The van der Waals surface area contributed by atoms with E-state index in [-0.39, 0.29) is 23.8 Å². The highest BCUT2D eigenvalue weighted by atomic mass is 32.1. The van der Waals surface area contributed by atoms with Gasteiger partial charge in [0.1, 0.15) is 17.1 Å². The van der Waals surface area contributed by atoms with Crippen molar-refractivity contribution in [2.24, 2.45) is 0 Å². The molecule has 1 aromatic carbocycles. The van der Waals surface area contributed by atoms with Crippen LogP contribution in [0.25, 0.3) is 10.3 Å². The lowest BCUT2D eigenvalue weighted by Crippen LogP contribution is -2.30. The first kappa shape index (κ1) is 19.1. The van der Waals surface area contributed by atoms with Gasteiger partial charge in [0, 0.05) is 17.8 Å². The third-order valence-electron chi connectivity index (χ3n) is 4.14. The number of carbonyl (C=O) groups is 2. The molecule has 2 heterocycles. The van der Waals surface area contributed by atoms with Crippen molar-refractivity contribution in [3.05, 3.63) is 50.0 Å². The minimum Gasteiger partial charge on any atom is -0.325 e. The molecule has 0 radical (unpaired) electrons. The van der Waals surface area contributed by atoms with Crippen molar-refractivity contribution in [1.82, 2.24) is 14.1 Å². The average molecular weight is 403 g/mol. The maximum Gasteiger partial charge on any atom is 0.273 e. The fourth-order valence-electron chi connectivity index (χ4n) is 2.76. The van der Waals surface area contributed by atoms with Gasteiger partial charge in [0.2, 0.25) is 5.91 Å². The van der Waals surface area contributed by atoms with Crippen molar-refractivity contribution in [2.45, 2.75) is 33.9 Å². The zero-order chi connectivity index (χ0) is 19.7. The van der Waals surface area contributed by atoms with E-state index in [1.54, 1.807) is 35.8 Å². The number of nitrogens with zero attached hydrogens (tertiary/aromatic N) is 3. The highest BCUT2D eigenvalue weighted by Gasteiger charge is 2.16. The molecule has 0 aliphatic heterocycles. The maximum atomic E-state index is 12.8. The summed E-state index contributed by atoms with van der Waals surface area (Å²) in [5, 5.41) is 2.71. The van der Waals surface area contributed by atoms with Crippen LogP contribution in [0, 0.1) is 10.9 Å². The second kappa shape index (κ2) is 7.53. The summed E-state index contributed by atoms with van der Waals surface area (Å²) in [6, 6.07) is 6.66. The Morgan fingerprint density at radius 2 is 2.04 bits per heavy atom. The van der Waals surface area contributed by atoms with E-state index in [0.717, 1.165) is 0 Å². The molecule has 0 unspecified atom stereocenters. The number of fused-ring (bicyclic) bond motifs is 1. The second-order valence-corrected chi connectivity index (χ2v) is 7.64. The lowest BCUT2D eigenvalue weighted by atomic mass is 10.1. The fraction of sp³-hybridized carbons (Fsp3) is 0.278. The molecule has 0 saturated heterocycles. The highest BCUT2D eigenvalue weighted by Crippen LogP contribution is 2.18. The van der Waals surface area contributed by atoms with Crippen molar-refractivity contribution in [3.63, 3.8) is 0 Å². The molecule has 0 bridgehead atoms. The zero-order valence-corrected chi connectivity index (χ0v) is 16.7. The van der Waals surface area contributed by atoms with E-state index in [2.05, 4.69) is 10.3 Å². The number of hydrogen-bond acceptors (Lipinski definition) is 6. The fourth-order valence-corrected chi connectivity index (χ4v) is 4.17. The number of amides is 1. The molecule has 1 amide bonds. The molecule has 9 heteroatoms. The van der Waals surface area contributed by atoms with Crippen molar-refractivity contribution in [1.29, 1.82) is 0 Å². The molecule has 1 N–H and O–H groups in total. The summed E-state index contributed by atoms with van der Waals surface area (Å²) < 4.78 is 4.16. The van der Waals surface area contributed by atoms with Crippen molar-refractivity contribution in [2.75, 3.05) is 5.32 Å². The van der Waals surface area contributed by atoms with E-state index < -0.39 is 0 Å². The number of Topliss-reactive ketones (excluding diaryl/α,β-unsaturated/α-hetero) is 1. The Morgan fingerprint density at radius 1 is 1.30 bits per heavy atom. The number of aromatic nitrogens is 3. The molecular formula is C18H18N4O3S2. The third-order valence-corrected chi connectivity index (χ3v) is 5.56. The number of ketones is 1. The minimum absolute atomic E-state index is 0.0885. The largest absolute Gasteiger partial charge is 0.325 e. The Balaban J connectivity index is 1.91. The molecule has 0 aliphatic rings. The molecule has 0 fully saturated rings. The van der Waals surface area contributed by atoms with Gasteiger partial charge in [-0.2, -0.15) is 0 Å². The Morgan fingerprint density at radius 3 is 2.70 bits per heavy atom. The van der Waals surface area contributed by atoms with Crippen molar-refractivity contribution >= 4 is 51.3 Å². The van der Waals surface area contributed by atoms with Gasteiger partial charge in [-0.3, -0.25) is 19.0 Å². The molecule has 0 atom stereocenters. The van der Waals surface area contributed by atoms with E-state index in [1.165, 1.54) is 22.8 Å². The van der Waals surface area contributed by atoms with E-state index in [1.807, 2.05) is 6.92 Å². The molecular weight excluding hydrogens is 384 g/mol. The summed E-state index contributed by atoms with van der Waals surface area (Å²) in [5.74, 6) is -0.0230. The van der Waals surface area contributed by atoms with Crippen LogP contribution < -0.4 is 10.9 Å². The number of thiazole rings is 1. The van der Waals surface area contributed by atoms with Gasteiger partial charge in [0.15, 0.2) is 15.4 Å². The Bertz CT molecular complexity index is 1170. The Hall–Kier alpha value is -2.65. The van der Waals surface area contributed by atoms with Gasteiger partial charge in [-0.15, -0.1) is 0 Å². The first-order chi connectivity index (χ1) is 12.8. The molecule has 3 rings (SSSR count). The number of benzene rings is 1. The topological polar surface area (TPSA) is 86.0 Å². The first-order valence-electron chi connectivity index (χ1n) is 8.33. The van der Waals surface area contributed by atoms with Gasteiger partial charge >= 0.3 is 0 Å². The van der Waals surface area contributed by atoms with Gasteiger partial charge < -0.3 is 9.88 Å². The van der Waals surface area contributed by atoms with Crippen molar-refractivity contribution < 1.29 is 9.59 Å². The van der Waals surface area contributed by atoms with Crippen LogP contribution in [0.1, 0.15) is 30.0 Å². The van der Waals surface area contributed by atoms with E-state index in [0.29, 0.717) is 37.9 Å². The van der Waals surface area contributed by atoms with Crippen LogP contribution in [0.4, 0.5) is 5.69 Å². The van der Waals surface area contributed by atoms with Gasteiger partial charge in [0.05, 0.1) is 0 Å². The van der Waals surface area contributed by atoms with Crippen LogP contribution in [-0.4, -0.2) is 25.8 Å². The third kappa shape index (κ3) is 3.74. The lowest BCUT2D eigenvalue weighted by Gasteiger charge is -2.11. The summed E-state index contributed by atoms with van der Waals surface area (Å²) in [5.41, 5.74) is 1.28. The monoisotopic (exact) mass is 402 g/mol. The normalized spacial score (nSPS) is 10.9. The SMILES string of the molecule is CCn1c(=S)sc2c(=O)n(CC(=O)Nc3cccc(C(C)=O)c3)c(C)nc21. The number of nitrogens with one attached hydrogen (secondary N) is 1. The maximum absolute atomic E-state index is 12.8. The number of anilines is 1. The van der Waals surface area contributed by atoms with Gasteiger partial charge in [-0.1, -0.05) is 23.5 Å². The molecule has 140 valence electrons. The number of aryl methyl sites for hydroxylation is 2. The quantitative estimate of drug-likeness (QED) is 0.523. The van der Waals surface area contributed by atoms with Crippen LogP contribution in [0.15, 0.2) is 29.1 Å². The summed E-state index contributed by atoms with van der Waals surface area (Å²) >= 11 is 6.49. The zero-order valence-electron chi connectivity index (χ0n) is 15.1. The Kier molecular flexibility index (Phi) is 5.33. The number of hydrogen-bond donors (Lipinski definition) is 1. The summed E-state index contributed by atoms with van der Waals surface area (Å²) in [6.07, 6.45) is 0. The summed E-state index contributed by atoms with van der Waals surface area (Å²) in [7, 11) is 0. The summed E-state index contributed by atoms with van der Waals surface area (Å²) in [6.45, 7) is 5.54. The molecule has 27 heavy (non-hydrogen) atoms. The smallest absolute Gasteiger partial charge is 0.273 e. The van der Waals surface area contributed by atoms with Crippen LogP contribution >= 0.6 is 23.6 Å². The lowest BCUT2D eigenvalue weighted by molar-refractivity contribution is -0.116. The molecule has 0 aliphatic carbocycles. The molecule has 0 saturated carbocycles. The molecule has 2 aromatic heterocycles. The van der Waals surface area contributed by atoms with E-state index in [4.69, 9.17) is 12.2 Å². The standard InChI is InChI=1S/C18H18N4O3S2/c1-4-21-16-15(27-18(21)26)17(25)22(11(3)19-16)9-14(24)20-13-7-5-6-12(8-13)10(2)23/h5-8H,4,9H2,1-3H3,(H,20,24). The van der Waals surface area contributed by atoms with Crippen LogP contribution in [0.3, 0.4) is 0 Å². The van der Waals surface area contributed by atoms with Gasteiger partial charge in [-0.05, 0) is 45.1 Å². The van der Waals surface area contributed by atoms with Crippen LogP contribution in [-0.2, 0) is 17.9 Å².